The summed E-state index contributed by atoms with van der Waals surface area (Å²) in [4.78, 5) is 0. The summed E-state index contributed by atoms with van der Waals surface area (Å²) in [6.45, 7) is 3.06. The average molecular weight is 247 g/mol. The number of nitrogens with zero attached hydrogens (tertiary/aromatic N) is 1. The first-order valence-corrected chi connectivity index (χ1v) is 6.59. The molecule has 1 heterocycles. The van der Waals surface area contributed by atoms with Gasteiger partial charge in [-0.05, 0) is 29.7 Å². The van der Waals surface area contributed by atoms with Crippen LogP contribution in [0, 0.1) is 6.92 Å². The number of hydrogen-bond donors (Lipinski definition) is 0. The van der Waals surface area contributed by atoms with E-state index in [-0.39, 0.29) is 0 Å². The lowest BCUT2D eigenvalue weighted by atomic mass is 10.1. The van der Waals surface area contributed by atoms with E-state index < -0.39 is 0 Å². The SMILES string of the molecule is Cc1cc(-c2ccccc2)n(Cc2ccccc2)c1. The second kappa shape index (κ2) is 5.15. The lowest BCUT2D eigenvalue weighted by Gasteiger charge is -2.09. The van der Waals surface area contributed by atoms with E-state index in [9.17, 15) is 0 Å². The largest absolute Gasteiger partial charge is 0.343 e. The Hall–Kier alpha value is -2.28. The van der Waals surface area contributed by atoms with Crippen LogP contribution in [0.25, 0.3) is 11.3 Å². The number of aryl methyl sites for hydroxylation is 1. The molecule has 0 bridgehead atoms. The van der Waals surface area contributed by atoms with Crippen molar-refractivity contribution < 1.29 is 0 Å². The molecule has 1 aromatic heterocycles. The van der Waals surface area contributed by atoms with Crippen molar-refractivity contribution in [1.29, 1.82) is 0 Å². The summed E-state index contributed by atoms with van der Waals surface area (Å²) in [6.07, 6.45) is 2.22. The molecule has 0 N–H and O–H groups in total. The van der Waals surface area contributed by atoms with Gasteiger partial charge in [-0.3, -0.25) is 0 Å². The van der Waals surface area contributed by atoms with Crippen LogP contribution in [0.3, 0.4) is 0 Å². The third-order valence-corrected chi connectivity index (χ3v) is 3.30. The molecule has 19 heavy (non-hydrogen) atoms. The highest BCUT2D eigenvalue weighted by molar-refractivity contribution is 5.61. The van der Waals surface area contributed by atoms with Crippen LogP contribution >= 0.6 is 0 Å². The van der Waals surface area contributed by atoms with Crippen LogP contribution in [-0.2, 0) is 6.54 Å². The number of aromatic nitrogens is 1. The summed E-state index contributed by atoms with van der Waals surface area (Å²) >= 11 is 0. The van der Waals surface area contributed by atoms with Crippen LogP contribution in [0.1, 0.15) is 11.1 Å². The Labute approximate surface area is 114 Å². The van der Waals surface area contributed by atoms with Crippen molar-refractivity contribution in [3.05, 3.63) is 84.1 Å². The van der Waals surface area contributed by atoms with Crippen molar-refractivity contribution in [3.8, 4) is 11.3 Å². The van der Waals surface area contributed by atoms with Gasteiger partial charge in [0.05, 0.1) is 0 Å². The fraction of sp³-hybridized carbons (Fsp3) is 0.111. The Morgan fingerprint density at radius 1 is 0.842 bits per heavy atom. The Balaban J connectivity index is 1.99. The normalized spacial score (nSPS) is 10.6. The van der Waals surface area contributed by atoms with Crippen LogP contribution in [-0.4, -0.2) is 4.57 Å². The molecule has 3 rings (SSSR count). The van der Waals surface area contributed by atoms with Gasteiger partial charge in [0.25, 0.3) is 0 Å². The van der Waals surface area contributed by atoms with E-state index in [0.29, 0.717) is 0 Å². The van der Waals surface area contributed by atoms with E-state index in [2.05, 4.69) is 84.4 Å². The van der Waals surface area contributed by atoms with Gasteiger partial charge in [0.15, 0.2) is 0 Å². The molecule has 0 amide bonds. The third-order valence-electron chi connectivity index (χ3n) is 3.30. The predicted octanol–water partition coefficient (Wildman–Crippen LogP) is 4.51. The maximum absolute atomic E-state index is 2.32. The van der Waals surface area contributed by atoms with Gasteiger partial charge >= 0.3 is 0 Å². The van der Waals surface area contributed by atoms with Gasteiger partial charge in [0.1, 0.15) is 0 Å². The molecular formula is C18H17N. The summed E-state index contributed by atoms with van der Waals surface area (Å²) < 4.78 is 2.32. The summed E-state index contributed by atoms with van der Waals surface area (Å²) in [7, 11) is 0. The summed E-state index contributed by atoms with van der Waals surface area (Å²) in [5.74, 6) is 0. The molecule has 1 heteroatoms. The topological polar surface area (TPSA) is 4.93 Å². The van der Waals surface area contributed by atoms with E-state index in [4.69, 9.17) is 0 Å². The summed E-state index contributed by atoms with van der Waals surface area (Å²) in [5.41, 5.74) is 5.18. The molecule has 1 nitrogen and oxygen atoms in total. The smallest absolute Gasteiger partial charge is 0.0486 e. The van der Waals surface area contributed by atoms with E-state index in [1.807, 2.05) is 0 Å². The van der Waals surface area contributed by atoms with Crippen molar-refractivity contribution in [1.82, 2.24) is 4.57 Å². The summed E-state index contributed by atoms with van der Waals surface area (Å²) in [6, 6.07) is 23.4. The number of benzene rings is 2. The van der Waals surface area contributed by atoms with Gasteiger partial charge in [0.2, 0.25) is 0 Å². The van der Waals surface area contributed by atoms with Crippen molar-refractivity contribution >= 4 is 0 Å². The lowest BCUT2D eigenvalue weighted by Crippen LogP contribution is -1.99. The number of hydrogen-bond acceptors (Lipinski definition) is 0. The fourth-order valence-electron chi connectivity index (χ4n) is 2.42. The Kier molecular flexibility index (Phi) is 3.20. The average Bonchev–Trinajstić information content (AvgIpc) is 2.82. The monoisotopic (exact) mass is 247 g/mol. The lowest BCUT2D eigenvalue weighted by molar-refractivity contribution is 0.812. The molecule has 0 saturated carbocycles. The Morgan fingerprint density at radius 3 is 2.16 bits per heavy atom. The zero-order valence-electron chi connectivity index (χ0n) is 11.1. The van der Waals surface area contributed by atoms with Crippen LogP contribution < -0.4 is 0 Å². The highest BCUT2D eigenvalue weighted by Crippen LogP contribution is 2.23. The molecule has 3 aromatic rings. The molecule has 0 saturated heterocycles. The fourth-order valence-corrected chi connectivity index (χ4v) is 2.42. The minimum absolute atomic E-state index is 0.916. The van der Waals surface area contributed by atoms with Crippen molar-refractivity contribution in [2.24, 2.45) is 0 Å². The van der Waals surface area contributed by atoms with Crippen molar-refractivity contribution in [2.45, 2.75) is 13.5 Å². The maximum atomic E-state index is 2.32. The quantitative estimate of drug-likeness (QED) is 0.641. The zero-order valence-corrected chi connectivity index (χ0v) is 11.1. The molecule has 0 aliphatic rings. The van der Waals surface area contributed by atoms with Crippen LogP contribution in [0.15, 0.2) is 72.9 Å². The van der Waals surface area contributed by atoms with E-state index >= 15 is 0 Å². The molecule has 94 valence electrons. The second-order valence-corrected chi connectivity index (χ2v) is 4.88. The van der Waals surface area contributed by atoms with E-state index in [1.165, 1.54) is 22.4 Å². The molecule has 0 unspecified atom stereocenters. The molecule has 2 aromatic carbocycles. The van der Waals surface area contributed by atoms with E-state index in [0.717, 1.165) is 6.54 Å². The standard InChI is InChI=1S/C18H17N/c1-15-12-18(17-10-6-3-7-11-17)19(13-15)14-16-8-4-2-5-9-16/h2-13H,14H2,1H3. The molecule has 0 radical (unpaired) electrons. The Morgan fingerprint density at radius 2 is 1.47 bits per heavy atom. The Bertz CT molecular complexity index is 651. The predicted molar refractivity (Wildman–Crippen MR) is 80.1 cm³/mol. The first-order valence-electron chi connectivity index (χ1n) is 6.59. The molecule has 0 aliphatic heterocycles. The first kappa shape index (κ1) is 11.8. The third kappa shape index (κ3) is 2.60. The van der Waals surface area contributed by atoms with Gasteiger partial charge in [0, 0.05) is 18.4 Å². The molecular weight excluding hydrogens is 230 g/mol. The van der Waals surface area contributed by atoms with Crippen LogP contribution in [0.5, 0.6) is 0 Å². The van der Waals surface area contributed by atoms with Crippen LogP contribution in [0.2, 0.25) is 0 Å². The van der Waals surface area contributed by atoms with Crippen molar-refractivity contribution in [3.63, 3.8) is 0 Å². The molecule has 0 spiro atoms. The zero-order chi connectivity index (χ0) is 13.1. The highest BCUT2D eigenvalue weighted by Gasteiger charge is 2.06. The van der Waals surface area contributed by atoms with Gasteiger partial charge in [-0.25, -0.2) is 0 Å². The number of rotatable bonds is 3. The molecule has 0 fully saturated rings. The van der Waals surface area contributed by atoms with Gasteiger partial charge in [-0.15, -0.1) is 0 Å². The second-order valence-electron chi connectivity index (χ2n) is 4.88. The summed E-state index contributed by atoms with van der Waals surface area (Å²) in [5, 5.41) is 0. The van der Waals surface area contributed by atoms with Gasteiger partial charge in [-0.2, -0.15) is 0 Å². The maximum Gasteiger partial charge on any atom is 0.0486 e. The van der Waals surface area contributed by atoms with E-state index in [1.54, 1.807) is 0 Å². The molecule has 0 atom stereocenters. The highest BCUT2D eigenvalue weighted by atomic mass is 15.0. The van der Waals surface area contributed by atoms with Crippen molar-refractivity contribution in [2.75, 3.05) is 0 Å². The van der Waals surface area contributed by atoms with Gasteiger partial charge < -0.3 is 4.57 Å². The minimum Gasteiger partial charge on any atom is -0.343 e. The molecule has 0 aliphatic carbocycles. The van der Waals surface area contributed by atoms with Crippen LogP contribution in [0.4, 0.5) is 0 Å². The minimum atomic E-state index is 0.916. The first-order chi connectivity index (χ1) is 9.33. The van der Waals surface area contributed by atoms with Gasteiger partial charge in [-0.1, -0.05) is 60.7 Å².